The fourth-order valence-electron chi connectivity index (χ4n) is 1.18. The molecule has 0 unspecified atom stereocenters. The van der Waals surface area contributed by atoms with Crippen molar-refractivity contribution >= 4 is 5.57 Å². The first kappa shape index (κ1) is 9.93. The molecule has 0 heterocycles. The molecule has 0 amide bonds. The Hall–Kier alpha value is -1.15. The number of aryl methyl sites for hydroxylation is 1. The summed E-state index contributed by atoms with van der Waals surface area (Å²) in [7, 11) is 0. The van der Waals surface area contributed by atoms with Gasteiger partial charge in [0, 0.05) is 0 Å². The van der Waals surface area contributed by atoms with Crippen molar-refractivity contribution in [1.29, 1.82) is 0 Å². The summed E-state index contributed by atoms with van der Waals surface area (Å²) < 4.78 is 12.9. The molecule has 0 aliphatic rings. The summed E-state index contributed by atoms with van der Waals surface area (Å²) in [5.41, 5.74) is 7.99. The van der Waals surface area contributed by atoms with Gasteiger partial charge in [0.25, 0.3) is 0 Å². The van der Waals surface area contributed by atoms with Crippen LogP contribution in [0.2, 0.25) is 0 Å². The fraction of sp³-hybridized carbons (Fsp3) is 0.273. The number of nitrogens with two attached hydrogens (primary N) is 1. The maximum Gasteiger partial charge on any atom is 0.126 e. The van der Waals surface area contributed by atoms with Crippen LogP contribution in [0.1, 0.15) is 17.5 Å². The second-order valence-electron chi connectivity index (χ2n) is 3.11. The Morgan fingerprint density at radius 2 is 2.23 bits per heavy atom. The van der Waals surface area contributed by atoms with E-state index in [9.17, 15) is 4.39 Å². The van der Waals surface area contributed by atoms with Crippen LogP contribution >= 0.6 is 0 Å². The Labute approximate surface area is 78.1 Å². The van der Waals surface area contributed by atoms with Crippen LogP contribution in [-0.2, 0) is 0 Å². The van der Waals surface area contributed by atoms with Crippen molar-refractivity contribution in [2.24, 2.45) is 5.73 Å². The summed E-state index contributed by atoms with van der Waals surface area (Å²) in [6.45, 7) is 6.21. The lowest BCUT2D eigenvalue weighted by Crippen LogP contribution is -1.99. The highest BCUT2D eigenvalue weighted by Gasteiger charge is 2.01. The Morgan fingerprint density at radius 1 is 1.54 bits per heavy atom. The van der Waals surface area contributed by atoms with Gasteiger partial charge in [0.05, 0.1) is 0 Å². The zero-order valence-corrected chi connectivity index (χ0v) is 7.81. The van der Waals surface area contributed by atoms with Gasteiger partial charge >= 0.3 is 0 Å². The second kappa shape index (κ2) is 4.19. The Bertz CT molecular complexity index is 318. The minimum absolute atomic E-state index is 0.177. The van der Waals surface area contributed by atoms with Crippen molar-refractivity contribution in [3.63, 3.8) is 0 Å². The average molecular weight is 179 g/mol. The molecule has 0 saturated heterocycles. The molecule has 0 fully saturated rings. The third-order valence-electron chi connectivity index (χ3n) is 2.01. The molecule has 0 radical (unpaired) electrons. The quantitative estimate of drug-likeness (QED) is 0.758. The van der Waals surface area contributed by atoms with E-state index in [1.54, 1.807) is 19.1 Å². The Kier molecular flexibility index (Phi) is 3.20. The van der Waals surface area contributed by atoms with Gasteiger partial charge in [-0.1, -0.05) is 12.6 Å². The van der Waals surface area contributed by atoms with Crippen molar-refractivity contribution in [3.05, 3.63) is 41.7 Å². The van der Waals surface area contributed by atoms with Crippen molar-refractivity contribution in [3.8, 4) is 0 Å². The van der Waals surface area contributed by atoms with Crippen LogP contribution in [0.5, 0.6) is 0 Å². The topological polar surface area (TPSA) is 26.0 Å². The first-order valence-electron chi connectivity index (χ1n) is 4.29. The van der Waals surface area contributed by atoms with Gasteiger partial charge in [-0.25, -0.2) is 4.39 Å². The maximum absolute atomic E-state index is 12.9. The lowest BCUT2D eigenvalue weighted by molar-refractivity contribution is 0.618. The van der Waals surface area contributed by atoms with E-state index in [4.69, 9.17) is 5.73 Å². The predicted octanol–water partition coefficient (Wildman–Crippen LogP) is 2.50. The third kappa shape index (κ3) is 2.39. The monoisotopic (exact) mass is 179 g/mol. The highest BCUT2D eigenvalue weighted by Crippen LogP contribution is 2.18. The zero-order chi connectivity index (χ0) is 9.84. The number of hydrogen-bond acceptors (Lipinski definition) is 1. The highest BCUT2D eigenvalue weighted by molar-refractivity contribution is 5.63. The zero-order valence-electron chi connectivity index (χ0n) is 7.81. The normalized spacial score (nSPS) is 10.1. The molecule has 70 valence electrons. The van der Waals surface area contributed by atoms with Crippen LogP contribution in [0, 0.1) is 12.7 Å². The van der Waals surface area contributed by atoms with Crippen molar-refractivity contribution < 1.29 is 4.39 Å². The van der Waals surface area contributed by atoms with Gasteiger partial charge in [-0.3, -0.25) is 0 Å². The Balaban J connectivity index is 2.90. The van der Waals surface area contributed by atoms with Gasteiger partial charge in [-0.15, -0.1) is 0 Å². The van der Waals surface area contributed by atoms with Crippen molar-refractivity contribution in [2.75, 3.05) is 6.54 Å². The van der Waals surface area contributed by atoms with Crippen LogP contribution < -0.4 is 5.73 Å². The second-order valence-corrected chi connectivity index (χ2v) is 3.11. The van der Waals surface area contributed by atoms with E-state index in [0.717, 1.165) is 17.6 Å². The predicted molar refractivity (Wildman–Crippen MR) is 53.8 cm³/mol. The first-order valence-corrected chi connectivity index (χ1v) is 4.29. The lowest BCUT2D eigenvalue weighted by atomic mass is 10.0. The molecular weight excluding hydrogens is 165 g/mol. The first-order chi connectivity index (χ1) is 6.15. The molecule has 1 aromatic rings. The number of rotatable bonds is 3. The van der Waals surface area contributed by atoms with Gasteiger partial charge in [-0.2, -0.15) is 0 Å². The van der Waals surface area contributed by atoms with Crippen LogP contribution in [0.25, 0.3) is 5.57 Å². The fourth-order valence-corrected chi connectivity index (χ4v) is 1.18. The molecule has 0 aliphatic carbocycles. The van der Waals surface area contributed by atoms with E-state index in [2.05, 4.69) is 6.58 Å². The summed E-state index contributed by atoms with van der Waals surface area (Å²) in [5, 5.41) is 0. The highest BCUT2D eigenvalue weighted by atomic mass is 19.1. The van der Waals surface area contributed by atoms with E-state index in [-0.39, 0.29) is 5.82 Å². The van der Waals surface area contributed by atoms with Crippen LogP contribution in [0.4, 0.5) is 4.39 Å². The van der Waals surface area contributed by atoms with Gasteiger partial charge in [-0.05, 0) is 48.7 Å². The van der Waals surface area contributed by atoms with E-state index in [0.29, 0.717) is 12.1 Å². The summed E-state index contributed by atoms with van der Waals surface area (Å²) in [6, 6.07) is 5.00. The van der Waals surface area contributed by atoms with E-state index in [1.807, 2.05) is 0 Å². The van der Waals surface area contributed by atoms with Crippen molar-refractivity contribution in [1.82, 2.24) is 0 Å². The van der Waals surface area contributed by atoms with Gasteiger partial charge < -0.3 is 5.73 Å². The third-order valence-corrected chi connectivity index (χ3v) is 2.01. The van der Waals surface area contributed by atoms with Gasteiger partial charge in [0.1, 0.15) is 5.82 Å². The molecule has 0 bridgehead atoms. The Morgan fingerprint density at radius 3 is 2.77 bits per heavy atom. The van der Waals surface area contributed by atoms with Crippen LogP contribution in [0.15, 0.2) is 24.8 Å². The molecule has 1 nitrogen and oxygen atoms in total. The summed E-state index contributed by atoms with van der Waals surface area (Å²) in [5.74, 6) is -0.177. The maximum atomic E-state index is 12.9. The molecule has 2 N–H and O–H groups in total. The molecule has 0 aliphatic heterocycles. The molecule has 0 atom stereocenters. The molecule has 0 aromatic heterocycles. The smallest absolute Gasteiger partial charge is 0.126 e. The molecule has 0 spiro atoms. The molecule has 2 heteroatoms. The lowest BCUT2D eigenvalue weighted by Gasteiger charge is -2.05. The molecule has 1 aromatic carbocycles. The van der Waals surface area contributed by atoms with E-state index in [1.165, 1.54) is 6.07 Å². The van der Waals surface area contributed by atoms with E-state index < -0.39 is 0 Å². The van der Waals surface area contributed by atoms with Gasteiger partial charge in [0.15, 0.2) is 0 Å². The van der Waals surface area contributed by atoms with E-state index >= 15 is 0 Å². The van der Waals surface area contributed by atoms with Crippen LogP contribution in [-0.4, -0.2) is 6.54 Å². The number of halogens is 1. The molecule has 13 heavy (non-hydrogen) atoms. The summed E-state index contributed by atoms with van der Waals surface area (Å²) in [4.78, 5) is 0. The minimum Gasteiger partial charge on any atom is -0.330 e. The molecular formula is C11H14FN. The van der Waals surface area contributed by atoms with Crippen molar-refractivity contribution in [2.45, 2.75) is 13.3 Å². The minimum atomic E-state index is -0.177. The summed E-state index contributed by atoms with van der Waals surface area (Å²) in [6.07, 6.45) is 0.755. The van der Waals surface area contributed by atoms with Crippen LogP contribution in [0.3, 0.4) is 0 Å². The number of benzene rings is 1. The largest absolute Gasteiger partial charge is 0.330 e. The standard InChI is InChI=1S/C11H14FN/c1-8(5-6-13)10-3-4-11(12)9(2)7-10/h3-4,7H,1,5-6,13H2,2H3. The number of hydrogen-bond donors (Lipinski definition) is 1. The summed E-state index contributed by atoms with van der Waals surface area (Å²) >= 11 is 0. The molecule has 1 rings (SSSR count). The van der Waals surface area contributed by atoms with Gasteiger partial charge in [0.2, 0.25) is 0 Å². The average Bonchev–Trinajstić information content (AvgIpc) is 2.10. The SMILES string of the molecule is C=C(CCN)c1ccc(F)c(C)c1. The molecule has 0 saturated carbocycles.